The Balaban J connectivity index is 1.96. The molecular weight excluding hydrogens is 276 g/mol. The maximum Gasteiger partial charge on any atom is 0.267 e. The van der Waals surface area contributed by atoms with Crippen LogP contribution in [0.2, 0.25) is 0 Å². The Labute approximate surface area is 121 Å². The van der Waals surface area contributed by atoms with Crippen molar-refractivity contribution in [2.75, 3.05) is 19.8 Å². The number of carbonyl (C=O) groups is 1. The highest BCUT2D eigenvalue weighted by atomic mass is 16.5. The van der Waals surface area contributed by atoms with E-state index in [9.17, 15) is 9.59 Å². The molecule has 2 heterocycles. The second-order valence-electron chi connectivity index (χ2n) is 4.53. The van der Waals surface area contributed by atoms with Gasteiger partial charge in [0, 0.05) is 19.8 Å². The summed E-state index contributed by atoms with van der Waals surface area (Å²) < 4.78 is 11.3. The van der Waals surface area contributed by atoms with Crippen molar-refractivity contribution in [1.29, 1.82) is 0 Å². The van der Waals surface area contributed by atoms with Gasteiger partial charge in [0.15, 0.2) is 0 Å². The number of nitrogens with one attached hydrogen (secondary N) is 1. The summed E-state index contributed by atoms with van der Waals surface area (Å²) >= 11 is 0. The van der Waals surface area contributed by atoms with E-state index in [-0.39, 0.29) is 23.7 Å². The van der Waals surface area contributed by atoms with E-state index in [4.69, 9.17) is 9.26 Å². The lowest BCUT2D eigenvalue weighted by molar-refractivity contribution is -0.121. The average Bonchev–Trinajstić information content (AvgIpc) is 2.84. The van der Waals surface area contributed by atoms with Crippen molar-refractivity contribution in [3.05, 3.63) is 22.4 Å². The summed E-state index contributed by atoms with van der Waals surface area (Å²) in [7, 11) is 0. The van der Waals surface area contributed by atoms with Crippen molar-refractivity contribution in [2.45, 2.75) is 26.8 Å². The highest BCUT2D eigenvalue weighted by molar-refractivity contribution is 5.77. The van der Waals surface area contributed by atoms with Crippen molar-refractivity contribution >= 4 is 17.0 Å². The SMILES string of the molecule is CCOCCCNC(=O)Cn1cnc2onc(C)c2c1=O. The summed E-state index contributed by atoms with van der Waals surface area (Å²) in [6.45, 7) is 5.27. The first kappa shape index (κ1) is 15.2. The lowest BCUT2D eigenvalue weighted by Crippen LogP contribution is -2.33. The molecule has 2 aromatic rings. The second-order valence-corrected chi connectivity index (χ2v) is 4.53. The first-order valence-corrected chi connectivity index (χ1v) is 6.79. The Morgan fingerprint density at radius 3 is 3.10 bits per heavy atom. The van der Waals surface area contributed by atoms with Gasteiger partial charge in [-0.1, -0.05) is 5.16 Å². The molecule has 0 aromatic carbocycles. The van der Waals surface area contributed by atoms with Gasteiger partial charge in [0.2, 0.25) is 5.91 Å². The van der Waals surface area contributed by atoms with Gasteiger partial charge in [-0.3, -0.25) is 14.2 Å². The largest absolute Gasteiger partial charge is 0.382 e. The molecule has 0 bridgehead atoms. The minimum Gasteiger partial charge on any atom is -0.382 e. The first-order valence-electron chi connectivity index (χ1n) is 6.79. The summed E-state index contributed by atoms with van der Waals surface area (Å²) in [4.78, 5) is 27.9. The van der Waals surface area contributed by atoms with Crippen molar-refractivity contribution in [2.24, 2.45) is 0 Å². The van der Waals surface area contributed by atoms with Gasteiger partial charge in [-0.05, 0) is 20.3 Å². The number of ether oxygens (including phenoxy) is 1. The molecule has 8 nitrogen and oxygen atoms in total. The lowest BCUT2D eigenvalue weighted by Gasteiger charge is -2.07. The molecule has 8 heteroatoms. The molecule has 0 unspecified atom stereocenters. The Morgan fingerprint density at radius 2 is 2.33 bits per heavy atom. The molecule has 21 heavy (non-hydrogen) atoms. The van der Waals surface area contributed by atoms with Crippen LogP contribution in [0.25, 0.3) is 11.1 Å². The number of aryl methyl sites for hydroxylation is 1. The van der Waals surface area contributed by atoms with Crippen molar-refractivity contribution < 1.29 is 14.1 Å². The van der Waals surface area contributed by atoms with Crippen LogP contribution in [-0.4, -0.2) is 40.4 Å². The van der Waals surface area contributed by atoms with E-state index in [1.54, 1.807) is 6.92 Å². The zero-order valence-corrected chi connectivity index (χ0v) is 12.1. The van der Waals surface area contributed by atoms with E-state index >= 15 is 0 Å². The molecule has 0 aliphatic rings. The number of amides is 1. The number of aromatic nitrogens is 3. The Hall–Kier alpha value is -2.22. The van der Waals surface area contributed by atoms with Crippen LogP contribution in [0.5, 0.6) is 0 Å². The third-order valence-electron chi connectivity index (χ3n) is 2.94. The predicted molar refractivity (Wildman–Crippen MR) is 74.9 cm³/mol. The summed E-state index contributed by atoms with van der Waals surface area (Å²) in [6, 6.07) is 0. The standard InChI is InChI=1S/C13H18N4O4/c1-3-20-6-4-5-14-10(18)7-17-8-15-12-11(13(17)19)9(2)16-21-12/h8H,3-7H2,1-2H3,(H,14,18). The monoisotopic (exact) mass is 294 g/mol. The number of rotatable bonds is 7. The summed E-state index contributed by atoms with van der Waals surface area (Å²) in [5.74, 6) is -0.246. The summed E-state index contributed by atoms with van der Waals surface area (Å²) in [6.07, 6.45) is 2.02. The van der Waals surface area contributed by atoms with Crippen molar-refractivity contribution in [3.63, 3.8) is 0 Å². The fraction of sp³-hybridized carbons (Fsp3) is 0.538. The number of carbonyl (C=O) groups excluding carboxylic acids is 1. The minimum absolute atomic E-state index is 0.0823. The van der Waals surface area contributed by atoms with Crippen molar-refractivity contribution in [3.8, 4) is 0 Å². The van der Waals surface area contributed by atoms with Crippen LogP contribution in [-0.2, 0) is 16.1 Å². The first-order chi connectivity index (χ1) is 10.1. The highest BCUT2D eigenvalue weighted by Gasteiger charge is 2.13. The van der Waals surface area contributed by atoms with Crippen LogP contribution in [0.1, 0.15) is 19.0 Å². The molecule has 0 saturated carbocycles. The fourth-order valence-electron chi connectivity index (χ4n) is 1.88. The van der Waals surface area contributed by atoms with Crippen LogP contribution in [0.3, 0.4) is 0 Å². The van der Waals surface area contributed by atoms with Gasteiger partial charge < -0.3 is 14.6 Å². The van der Waals surface area contributed by atoms with Crippen LogP contribution in [0.4, 0.5) is 0 Å². The third kappa shape index (κ3) is 3.66. The van der Waals surface area contributed by atoms with E-state index in [2.05, 4.69) is 15.5 Å². The summed E-state index contributed by atoms with van der Waals surface area (Å²) in [5.41, 5.74) is 0.322. The van der Waals surface area contributed by atoms with Crippen LogP contribution in [0.15, 0.2) is 15.6 Å². The van der Waals surface area contributed by atoms with Gasteiger partial charge >= 0.3 is 0 Å². The molecule has 2 aromatic heterocycles. The highest BCUT2D eigenvalue weighted by Crippen LogP contribution is 2.09. The van der Waals surface area contributed by atoms with Gasteiger partial charge in [0.25, 0.3) is 11.3 Å². The van der Waals surface area contributed by atoms with Gasteiger partial charge in [0.1, 0.15) is 18.3 Å². The molecule has 0 atom stereocenters. The zero-order chi connectivity index (χ0) is 15.2. The van der Waals surface area contributed by atoms with Crippen LogP contribution in [0, 0.1) is 6.92 Å². The number of nitrogens with zero attached hydrogens (tertiary/aromatic N) is 3. The number of hydrogen-bond acceptors (Lipinski definition) is 6. The molecule has 0 aliphatic heterocycles. The molecule has 0 aliphatic carbocycles. The van der Waals surface area contributed by atoms with Crippen LogP contribution < -0.4 is 10.9 Å². The maximum absolute atomic E-state index is 12.2. The van der Waals surface area contributed by atoms with E-state index < -0.39 is 0 Å². The Kier molecular flexibility index (Phi) is 5.04. The second kappa shape index (κ2) is 6.98. The molecule has 0 radical (unpaired) electrons. The molecule has 0 fully saturated rings. The molecule has 114 valence electrons. The van der Waals surface area contributed by atoms with Crippen LogP contribution >= 0.6 is 0 Å². The number of fused-ring (bicyclic) bond motifs is 1. The lowest BCUT2D eigenvalue weighted by atomic mass is 10.3. The van der Waals surface area contributed by atoms with Crippen molar-refractivity contribution in [1.82, 2.24) is 20.0 Å². The average molecular weight is 294 g/mol. The minimum atomic E-state index is -0.330. The van der Waals surface area contributed by atoms with Gasteiger partial charge in [-0.2, -0.15) is 0 Å². The topological polar surface area (TPSA) is 99.2 Å². The molecule has 2 rings (SSSR count). The van der Waals surface area contributed by atoms with E-state index in [1.807, 2.05) is 6.92 Å². The quantitative estimate of drug-likeness (QED) is 0.734. The normalized spacial score (nSPS) is 11.0. The molecule has 1 amide bonds. The third-order valence-corrected chi connectivity index (χ3v) is 2.94. The zero-order valence-electron chi connectivity index (χ0n) is 12.1. The van der Waals surface area contributed by atoms with E-state index in [0.717, 1.165) is 6.42 Å². The van der Waals surface area contributed by atoms with E-state index in [1.165, 1.54) is 10.9 Å². The maximum atomic E-state index is 12.2. The summed E-state index contributed by atoms with van der Waals surface area (Å²) in [5, 5.41) is 6.73. The molecule has 0 spiro atoms. The Morgan fingerprint density at radius 1 is 1.52 bits per heavy atom. The van der Waals surface area contributed by atoms with Gasteiger partial charge in [-0.25, -0.2) is 4.98 Å². The predicted octanol–water partition coefficient (Wildman–Crippen LogP) is 0.236. The molecule has 0 saturated heterocycles. The van der Waals surface area contributed by atoms with Gasteiger partial charge in [-0.15, -0.1) is 0 Å². The van der Waals surface area contributed by atoms with E-state index in [0.29, 0.717) is 30.8 Å². The molecule has 1 N–H and O–H groups in total. The smallest absolute Gasteiger partial charge is 0.267 e. The van der Waals surface area contributed by atoms with Gasteiger partial charge in [0.05, 0.1) is 5.69 Å². The number of hydrogen-bond donors (Lipinski definition) is 1. The molecular formula is C13H18N4O4. The Bertz CT molecular complexity index is 676. The fourth-order valence-corrected chi connectivity index (χ4v) is 1.88.